The summed E-state index contributed by atoms with van der Waals surface area (Å²) in [7, 11) is -3.44. The van der Waals surface area contributed by atoms with Gasteiger partial charge in [-0.3, -0.25) is 4.79 Å². The van der Waals surface area contributed by atoms with Crippen molar-refractivity contribution in [2.24, 2.45) is 0 Å². The molecule has 1 aliphatic rings. The third-order valence-electron chi connectivity index (χ3n) is 4.04. The van der Waals surface area contributed by atoms with Gasteiger partial charge < -0.3 is 10.1 Å². The Bertz CT molecular complexity index is 686. The number of halogens is 1. The van der Waals surface area contributed by atoms with Crippen LogP contribution in [0.4, 0.5) is 4.39 Å². The van der Waals surface area contributed by atoms with Crippen molar-refractivity contribution in [1.29, 1.82) is 0 Å². The maximum atomic E-state index is 13.5. The maximum Gasteiger partial charge on any atom is 0.220 e. The van der Waals surface area contributed by atoms with Crippen molar-refractivity contribution in [2.75, 3.05) is 25.4 Å². The van der Waals surface area contributed by atoms with E-state index in [1.165, 1.54) is 10.4 Å². The Morgan fingerprint density at radius 1 is 1.28 bits per heavy atom. The molecule has 140 valence electrons. The predicted octanol–water partition coefficient (Wildman–Crippen LogP) is 1.31. The largest absolute Gasteiger partial charge is 0.373 e. The molecule has 0 radical (unpaired) electrons. The van der Waals surface area contributed by atoms with Crippen LogP contribution in [0.1, 0.15) is 25.8 Å². The number of hydrogen-bond acceptors (Lipinski definition) is 4. The van der Waals surface area contributed by atoms with Crippen LogP contribution in [-0.2, 0) is 26.0 Å². The molecule has 0 aliphatic carbocycles. The van der Waals surface area contributed by atoms with Crippen LogP contribution < -0.4 is 5.32 Å². The van der Waals surface area contributed by atoms with E-state index < -0.39 is 10.0 Å². The summed E-state index contributed by atoms with van der Waals surface area (Å²) in [6.45, 7) is 4.37. The average molecular weight is 372 g/mol. The van der Waals surface area contributed by atoms with Gasteiger partial charge in [-0.2, -0.15) is 4.31 Å². The SMILES string of the molecule is CC1CN(S(=O)(=O)CCNC(=O)CCc2ccccc2F)CC(C)O1. The Kier molecular flexibility index (Phi) is 6.92. The first kappa shape index (κ1) is 19.8. The highest BCUT2D eigenvalue weighted by molar-refractivity contribution is 7.89. The van der Waals surface area contributed by atoms with Crippen molar-refractivity contribution in [3.8, 4) is 0 Å². The van der Waals surface area contributed by atoms with Crippen LogP contribution in [-0.4, -0.2) is 56.2 Å². The summed E-state index contributed by atoms with van der Waals surface area (Å²) in [5.41, 5.74) is 0.474. The highest BCUT2D eigenvalue weighted by Gasteiger charge is 2.30. The molecule has 2 atom stereocenters. The van der Waals surface area contributed by atoms with E-state index >= 15 is 0 Å². The molecular weight excluding hydrogens is 347 g/mol. The molecule has 1 aliphatic heterocycles. The third kappa shape index (κ3) is 6.05. The van der Waals surface area contributed by atoms with Crippen LogP contribution in [0.25, 0.3) is 0 Å². The Labute approximate surface area is 148 Å². The molecule has 6 nitrogen and oxygen atoms in total. The fraction of sp³-hybridized carbons (Fsp3) is 0.588. The molecule has 0 bridgehead atoms. The van der Waals surface area contributed by atoms with Crippen molar-refractivity contribution >= 4 is 15.9 Å². The smallest absolute Gasteiger partial charge is 0.220 e. The lowest BCUT2D eigenvalue weighted by atomic mass is 10.1. The van der Waals surface area contributed by atoms with E-state index in [4.69, 9.17) is 4.74 Å². The minimum atomic E-state index is -3.44. The van der Waals surface area contributed by atoms with Crippen molar-refractivity contribution in [3.05, 3.63) is 35.6 Å². The first-order chi connectivity index (χ1) is 11.8. The van der Waals surface area contributed by atoms with Gasteiger partial charge in [0.15, 0.2) is 0 Å². The lowest BCUT2D eigenvalue weighted by Crippen LogP contribution is -2.49. The minimum Gasteiger partial charge on any atom is -0.373 e. The van der Waals surface area contributed by atoms with Crippen LogP contribution in [0.3, 0.4) is 0 Å². The summed E-state index contributed by atoms with van der Waals surface area (Å²) in [5.74, 6) is -0.784. The monoisotopic (exact) mass is 372 g/mol. The number of ether oxygens (including phenoxy) is 1. The summed E-state index contributed by atoms with van der Waals surface area (Å²) in [5, 5.41) is 2.59. The number of hydrogen-bond donors (Lipinski definition) is 1. The minimum absolute atomic E-state index is 0.0402. The van der Waals surface area contributed by atoms with Gasteiger partial charge in [0.1, 0.15) is 5.82 Å². The van der Waals surface area contributed by atoms with E-state index in [0.717, 1.165) is 0 Å². The molecule has 1 fully saturated rings. The lowest BCUT2D eigenvalue weighted by molar-refractivity contribution is -0.120. The molecule has 25 heavy (non-hydrogen) atoms. The second-order valence-electron chi connectivity index (χ2n) is 6.33. The quantitative estimate of drug-likeness (QED) is 0.783. The number of sulfonamides is 1. The van der Waals surface area contributed by atoms with E-state index in [2.05, 4.69) is 5.32 Å². The van der Waals surface area contributed by atoms with Gasteiger partial charge in [-0.05, 0) is 31.9 Å². The zero-order valence-corrected chi connectivity index (χ0v) is 15.4. The van der Waals surface area contributed by atoms with E-state index in [1.807, 2.05) is 13.8 Å². The molecule has 8 heteroatoms. The van der Waals surface area contributed by atoms with Gasteiger partial charge in [0.25, 0.3) is 0 Å². The average Bonchev–Trinajstić information content (AvgIpc) is 2.53. The fourth-order valence-corrected chi connectivity index (χ4v) is 4.34. The van der Waals surface area contributed by atoms with Crippen LogP contribution >= 0.6 is 0 Å². The van der Waals surface area contributed by atoms with Gasteiger partial charge in [0, 0.05) is 26.1 Å². The summed E-state index contributed by atoms with van der Waals surface area (Å²) in [4.78, 5) is 11.8. The summed E-state index contributed by atoms with van der Waals surface area (Å²) >= 11 is 0. The van der Waals surface area contributed by atoms with Gasteiger partial charge >= 0.3 is 0 Å². The molecule has 0 saturated carbocycles. The second kappa shape index (κ2) is 8.73. The zero-order valence-electron chi connectivity index (χ0n) is 14.6. The number of amides is 1. The first-order valence-corrected chi connectivity index (χ1v) is 10.0. The molecule has 1 N–H and O–H groups in total. The number of aryl methyl sites for hydroxylation is 1. The van der Waals surface area contributed by atoms with E-state index in [9.17, 15) is 17.6 Å². The summed E-state index contributed by atoms with van der Waals surface area (Å²) in [6.07, 6.45) is 0.110. The molecule has 2 rings (SSSR count). The van der Waals surface area contributed by atoms with Crippen molar-refractivity contribution in [3.63, 3.8) is 0 Å². The Hall–Kier alpha value is -1.51. The van der Waals surface area contributed by atoms with Crippen LogP contribution in [0.2, 0.25) is 0 Å². The summed E-state index contributed by atoms with van der Waals surface area (Å²) < 4.78 is 45.1. The van der Waals surface area contributed by atoms with Crippen molar-refractivity contribution in [1.82, 2.24) is 9.62 Å². The number of morpholine rings is 1. The number of rotatable bonds is 7. The van der Waals surface area contributed by atoms with E-state index in [0.29, 0.717) is 18.7 Å². The maximum absolute atomic E-state index is 13.5. The standard InChI is InChI=1S/C17H25FN2O4S/c1-13-11-20(12-14(2)24-13)25(22,23)10-9-19-17(21)8-7-15-5-3-4-6-16(15)18/h3-6,13-14H,7-12H2,1-2H3,(H,19,21). The van der Waals surface area contributed by atoms with Crippen LogP contribution in [0.5, 0.6) is 0 Å². The second-order valence-corrected chi connectivity index (χ2v) is 8.42. The van der Waals surface area contributed by atoms with Gasteiger partial charge in [0.05, 0.1) is 18.0 Å². The van der Waals surface area contributed by atoms with Gasteiger partial charge in [-0.1, -0.05) is 18.2 Å². The number of benzene rings is 1. The topological polar surface area (TPSA) is 75.7 Å². The van der Waals surface area contributed by atoms with Gasteiger partial charge in [0.2, 0.25) is 15.9 Å². The molecule has 1 saturated heterocycles. The Morgan fingerprint density at radius 2 is 1.92 bits per heavy atom. The normalized spacial score (nSPS) is 21.9. The molecule has 2 unspecified atom stereocenters. The fourth-order valence-electron chi connectivity index (χ4n) is 2.84. The zero-order chi connectivity index (χ0) is 18.4. The van der Waals surface area contributed by atoms with Crippen molar-refractivity contribution in [2.45, 2.75) is 38.9 Å². The molecule has 1 amide bonds. The van der Waals surface area contributed by atoms with Gasteiger partial charge in [-0.25, -0.2) is 12.8 Å². The van der Waals surface area contributed by atoms with Gasteiger partial charge in [-0.15, -0.1) is 0 Å². The molecule has 0 aromatic heterocycles. The molecule has 1 aromatic rings. The Balaban J connectivity index is 1.75. The first-order valence-electron chi connectivity index (χ1n) is 8.41. The highest BCUT2D eigenvalue weighted by Crippen LogP contribution is 2.14. The third-order valence-corrected chi connectivity index (χ3v) is 5.85. The number of nitrogens with one attached hydrogen (secondary N) is 1. The number of nitrogens with zero attached hydrogens (tertiary/aromatic N) is 1. The predicted molar refractivity (Wildman–Crippen MR) is 93.1 cm³/mol. The Morgan fingerprint density at radius 3 is 2.56 bits per heavy atom. The van der Waals surface area contributed by atoms with Crippen molar-refractivity contribution < 1.29 is 22.3 Å². The molecule has 0 spiro atoms. The molecular formula is C17H25FN2O4S. The van der Waals surface area contributed by atoms with Crippen LogP contribution in [0.15, 0.2) is 24.3 Å². The van der Waals surface area contributed by atoms with E-state index in [1.54, 1.807) is 18.2 Å². The molecule has 1 heterocycles. The molecule has 1 aromatic carbocycles. The summed E-state index contributed by atoms with van der Waals surface area (Å²) in [6, 6.07) is 6.29. The van der Waals surface area contributed by atoms with Crippen LogP contribution in [0, 0.1) is 5.82 Å². The van der Waals surface area contributed by atoms with E-state index in [-0.39, 0.29) is 49.1 Å². The number of carbonyl (C=O) groups excluding carboxylic acids is 1. The lowest BCUT2D eigenvalue weighted by Gasteiger charge is -2.34. The number of carbonyl (C=O) groups is 1. The highest BCUT2D eigenvalue weighted by atomic mass is 32.2.